The van der Waals surface area contributed by atoms with Crippen molar-refractivity contribution in [2.75, 3.05) is 0 Å². The lowest BCUT2D eigenvalue weighted by molar-refractivity contribution is 1.52. The molecule has 2 heteroatoms. The summed E-state index contributed by atoms with van der Waals surface area (Å²) in [6.07, 6.45) is 0. The van der Waals surface area contributed by atoms with Crippen molar-refractivity contribution in [3.05, 3.63) is 40.0 Å². The van der Waals surface area contributed by atoms with Gasteiger partial charge in [-0.2, -0.15) is 0 Å². The first-order valence-electron chi connectivity index (χ1n) is 4.01. The molecule has 0 aliphatic carbocycles. The highest BCUT2D eigenvalue weighted by Crippen LogP contribution is 2.18. The third kappa shape index (κ3) is 2.22. The van der Waals surface area contributed by atoms with Crippen molar-refractivity contribution in [2.24, 2.45) is 0 Å². The molecule has 1 rings (SSSR count). The Morgan fingerprint density at radius 2 is 1.67 bits per heavy atom. The molecular formula is C10H13ClSi. The lowest BCUT2D eigenvalue weighted by atomic mass is 10.1. The zero-order valence-corrected chi connectivity index (χ0v) is 10.4. The van der Waals surface area contributed by atoms with Crippen molar-refractivity contribution >= 4 is 27.4 Å². The molecular weight excluding hydrogens is 184 g/mol. The van der Waals surface area contributed by atoms with Crippen LogP contribution in [-0.4, -0.2) is 10.2 Å². The Morgan fingerprint density at radius 3 is 2.08 bits per heavy atom. The van der Waals surface area contributed by atoms with Crippen LogP contribution in [0.1, 0.15) is 19.4 Å². The highest BCUT2D eigenvalue weighted by Gasteiger charge is 1.96. The summed E-state index contributed by atoms with van der Waals surface area (Å²) in [6.45, 7) is 4.34. The average Bonchev–Trinajstić information content (AvgIpc) is 2.04. The predicted octanol–water partition coefficient (Wildman–Crippen LogP) is 2.46. The molecule has 0 aliphatic rings. The molecule has 12 heavy (non-hydrogen) atoms. The summed E-state index contributed by atoms with van der Waals surface area (Å²) in [4.78, 5) is 0. The van der Waals surface area contributed by atoms with E-state index < -0.39 is 0 Å². The van der Waals surface area contributed by atoms with E-state index in [4.69, 9.17) is 11.6 Å². The van der Waals surface area contributed by atoms with Gasteiger partial charge in [0.05, 0.1) is 0 Å². The first kappa shape index (κ1) is 9.55. The maximum absolute atomic E-state index is 5.79. The molecule has 0 unspecified atom stereocenters. The van der Waals surface area contributed by atoms with Crippen molar-refractivity contribution in [3.63, 3.8) is 0 Å². The van der Waals surface area contributed by atoms with Crippen LogP contribution < -0.4 is 0 Å². The van der Waals surface area contributed by atoms with E-state index in [-0.39, 0.29) is 0 Å². The summed E-state index contributed by atoms with van der Waals surface area (Å²) in [7, 11) is 1.13. The summed E-state index contributed by atoms with van der Waals surface area (Å²) < 4.78 is 0. The molecule has 0 saturated carbocycles. The van der Waals surface area contributed by atoms with Crippen LogP contribution in [0.15, 0.2) is 29.5 Å². The van der Waals surface area contributed by atoms with Crippen LogP contribution in [0.3, 0.4) is 0 Å². The molecule has 0 bridgehead atoms. The summed E-state index contributed by atoms with van der Waals surface area (Å²) in [5.74, 6) is 0. The predicted molar refractivity (Wildman–Crippen MR) is 59.7 cm³/mol. The standard InChI is InChI=1S/C10H13ClSi/c1-7(8(2)12)9-3-5-10(11)6-4-9/h3-6H,1-2,12H3. The van der Waals surface area contributed by atoms with E-state index in [0.29, 0.717) is 0 Å². The molecule has 0 N–H and O–H groups in total. The number of rotatable bonds is 1. The second kappa shape index (κ2) is 3.92. The van der Waals surface area contributed by atoms with E-state index in [1.54, 1.807) is 0 Å². The third-order valence-electron chi connectivity index (χ3n) is 2.03. The number of halogens is 1. The minimum absolute atomic E-state index is 0.803. The molecule has 0 atom stereocenters. The van der Waals surface area contributed by atoms with Gasteiger partial charge in [0.25, 0.3) is 0 Å². The first-order valence-corrected chi connectivity index (χ1v) is 5.39. The van der Waals surface area contributed by atoms with Crippen molar-refractivity contribution in [1.29, 1.82) is 0 Å². The van der Waals surface area contributed by atoms with E-state index in [2.05, 4.69) is 26.0 Å². The van der Waals surface area contributed by atoms with Crippen LogP contribution in [0.2, 0.25) is 5.02 Å². The largest absolute Gasteiger partial charge is 0.0914 e. The zero-order valence-electron chi connectivity index (χ0n) is 7.69. The quantitative estimate of drug-likeness (QED) is 0.606. The van der Waals surface area contributed by atoms with Gasteiger partial charge in [0, 0.05) is 15.3 Å². The molecule has 0 saturated heterocycles. The molecule has 64 valence electrons. The minimum atomic E-state index is 0.803. The fraction of sp³-hybridized carbons (Fsp3) is 0.200. The van der Waals surface area contributed by atoms with Gasteiger partial charge in [-0.15, -0.1) is 0 Å². The Hall–Kier alpha value is -0.533. The Bertz CT molecular complexity index is 294. The monoisotopic (exact) mass is 196 g/mol. The Morgan fingerprint density at radius 1 is 1.17 bits per heavy atom. The van der Waals surface area contributed by atoms with Crippen LogP contribution in [-0.2, 0) is 0 Å². The molecule has 0 aromatic heterocycles. The van der Waals surface area contributed by atoms with Crippen molar-refractivity contribution in [2.45, 2.75) is 13.8 Å². The van der Waals surface area contributed by atoms with E-state index in [1.807, 2.05) is 12.1 Å². The second-order valence-corrected chi connectivity index (χ2v) is 5.07. The van der Waals surface area contributed by atoms with E-state index in [1.165, 1.54) is 16.3 Å². The van der Waals surface area contributed by atoms with E-state index >= 15 is 0 Å². The van der Waals surface area contributed by atoms with Crippen LogP contribution in [0.5, 0.6) is 0 Å². The second-order valence-electron chi connectivity index (χ2n) is 3.13. The SMILES string of the molecule is CC([SiH3])=C(C)c1ccc(Cl)cc1. The van der Waals surface area contributed by atoms with E-state index in [0.717, 1.165) is 15.3 Å². The van der Waals surface area contributed by atoms with E-state index in [9.17, 15) is 0 Å². The molecule has 0 aliphatic heterocycles. The number of hydrogen-bond donors (Lipinski definition) is 0. The van der Waals surface area contributed by atoms with Crippen molar-refractivity contribution < 1.29 is 0 Å². The van der Waals surface area contributed by atoms with Gasteiger partial charge in [-0.3, -0.25) is 0 Å². The van der Waals surface area contributed by atoms with Gasteiger partial charge in [0.15, 0.2) is 0 Å². The molecule has 0 amide bonds. The van der Waals surface area contributed by atoms with Gasteiger partial charge >= 0.3 is 0 Å². The van der Waals surface area contributed by atoms with Crippen molar-refractivity contribution in [1.82, 2.24) is 0 Å². The van der Waals surface area contributed by atoms with Gasteiger partial charge in [0.1, 0.15) is 0 Å². The zero-order chi connectivity index (χ0) is 9.14. The molecule has 1 aromatic rings. The number of hydrogen-bond acceptors (Lipinski definition) is 0. The molecule has 0 fully saturated rings. The van der Waals surface area contributed by atoms with Gasteiger partial charge in [-0.05, 0) is 37.1 Å². The summed E-state index contributed by atoms with van der Waals surface area (Å²) in [5, 5.41) is 2.29. The van der Waals surface area contributed by atoms with Gasteiger partial charge in [0.2, 0.25) is 0 Å². The fourth-order valence-electron chi connectivity index (χ4n) is 0.989. The maximum Gasteiger partial charge on any atom is 0.0406 e. The number of benzene rings is 1. The topological polar surface area (TPSA) is 0 Å². The van der Waals surface area contributed by atoms with Crippen molar-refractivity contribution in [3.8, 4) is 0 Å². The Kier molecular flexibility index (Phi) is 3.12. The highest BCUT2D eigenvalue weighted by atomic mass is 35.5. The minimum Gasteiger partial charge on any atom is -0.0914 e. The fourth-order valence-corrected chi connectivity index (χ4v) is 1.40. The van der Waals surface area contributed by atoms with Crippen LogP contribution in [0.25, 0.3) is 5.57 Å². The first-order chi connectivity index (χ1) is 5.61. The smallest absolute Gasteiger partial charge is 0.0406 e. The van der Waals surface area contributed by atoms with Gasteiger partial charge in [-0.25, -0.2) is 0 Å². The van der Waals surface area contributed by atoms with Crippen LogP contribution >= 0.6 is 11.6 Å². The molecule has 0 nitrogen and oxygen atoms in total. The normalized spacial score (nSPS) is 12.9. The number of allylic oxidation sites excluding steroid dienone is 2. The summed E-state index contributed by atoms with van der Waals surface area (Å²) in [6, 6.07) is 8.01. The summed E-state index contributed by atoms with van der Waals surface area (Å²) >= 11 is 5.79. The lowest BCUT2D eigenvalue weighted by Crippen LogP contribution is -1.83. The summed E-state index contributed by atoms with van der Waals surface area (Å²) in [5.41, 5.74) is 2.67. The average molecular weight is 197 g/mol. The maximum atomic E-state index is 5.79. The lowest BCUT2D eigenvalue weighted by Gasteiger charge is -2.03. The van der Waals surface area contributed by atoms with Gasteiger partial charge < -0.3 is 0 Å². The molecule has 0 radical (unpaired) electrons. The van der Waals surface area contributed by atoms with Crippen LogP contribution in [0, 0.1) is 0 Å². The van der Waals surface area contributed by atoms with Gasteiger partial charge in [-0.1, -0.05) is 28.9 Å². The highest BCUT2D eigenvalue weighted by molar-refractivity contribution is 6.30. The molecule has 1 aromatic carbocycles. The molecule has 0 heterocycles. The van der Waals surface area contributed by atoms with Crippen LogP contribution in [0.4, 0.5) is 0 Å². The molecule has 0 spiro atoms. The Balaban J connectivity index is 3.06. The Labute approximate surface area is 81.7 Å². The third-order valence-corrected chi connectivity index (χ3v) is 3.03.